The maximum Gasteiger partial charge on any atom is 0.227 e. The molecule has 4 rings (SSSR count). The van der Waals surface area contributed by atoms with Crippen molar-refractivity contribution >= 4 is 11.6 Å². The third-order valence-electron chi connectivity index (χ3n) is 5.11. The number of hydrogen-bond acceptors (Lipinski definition) is 3. The molecule has 29 heavy (non-hydrogen) atoms. The highest BCUT2D eigenvalue weighted by Crippen LogP contribution is 2.25. The van der Waals surface area contributed by atoms with Gasteiger partial charge in [-0.1, -0.05) is 36.4 Å². The molecule has 0 atom stereocenters. The second-order valence-corrected chi connectivity index (χ2v) is 7.05. The SMILES string of the molecule is O=C(Cc1ccccc1F)N1CCN(c2ccc(Oc3ccccc3)cc2)CC1. The van der Waals surface area contributed by atoms with E-state index in [0.29, 0.717) is 18.7 Å². The molecule has 1 saturated heterocycles. The number of rotatable bonds is 5. The molecule has 1 heterocycles. The number of nitrogens with zero attached hydrogens (tertiary/aromatic N) is 2. The van der Waals surface area contributed by atoms with Crippen LogP contribution in [-0.4, -0.2) is 37.0 Å². The summed E-state index contributed by atoms with van der Waals surface area (Å²) in [5.74, 6) is 1.25. The minimum atomic E-state index is -0.322. The highest BCUT2D eigenvalue weighted by Gasteiger charge is 2.22. The normalized spacial score (nSPS) is 14.0. The van der Waals surface area contributed by atoms with E-state index in [2.05, 4.69) is 4.90 Å². The van der Waals surface area contributed by atoms with Gasteiger partial charge in [0.1, 0.15) is 17.3 Å². The minimum absolute atomic E-state index is 0.0265. The summed E-state index contributed by atoms with van der Waals surface area (Å²) in [5.41, 5.74) is 1.56. The van der Waals surface area contributed by atoms with Gasteiger partial charge in [0.2, 0.25) is 5.91 Å². The zero-order valence-electron chi connectivity index (χ0n) is 16.1. The number of carbonyl (C=O) groups is 1. The molecule has 1 aliphatic heterocycles. The average Bonchev–Trinajstić information content (AvgIpc) is 2.77. The Morgan fingerprint density at radius 2 is 1.41 bits per heavy atom. The van der Waals surface area contributed by atoms with Gasteiger partial charge in [0.15, 0.2) is 0 Å². The minimum Gasteiger partial charge on any atom is -0.457 e. The molecule has 0 aliphatic carbocycles. The summed E-state index contributed by atoms with van der Waals surface area (Å²) < 4.78 is 19.6. The van der Waals surface area contributed by atoms with Crippen molar-refractivity contribution < 1.29 is 13.9 Å². The predicted octanol–water partition coefficient (Wildman–Crippen LogP) is 4.51. The largest absolute Gasteiger partial charge is 0.457 e. The summed E-state index contributed by atoms with van der Waals surface area (Å²) in [7, 11) is 0. The lowest BCUT2D eigenvalue weighted by Gasteiger charge is -2.36. The monoisotopic (exact) mass is 390 g/mol. The van der Waals surface area contributed by atoms with E-state index in [4.69, 9.17) is 4.74 Å². The number of para-hydroxylation sites is 1. The van der Waals surface area contributed by atoms with Crippen molar-refractivity contribution in [3.63, 3.8) is 0 Å². The number of ether oxygens (including phenoxy) is 1. The molecule has 0 unspecified atom stereocenters. The molecule has 3 aromatic carbocycles. The van der Waals surface area contributed by atoms with Crippen LogP contribution in [0.25, 0.3) is 0 Å². The van der Waals surface area contributed by atoms with Crippen LogP contribution in [0.5, 0.6) is 11.5 Å². The number of hydrogen-bond donors (Lipinski definition) is 0. The van der Waals surface area contributed by atoms with Gasteiger partial charge in [-0.2, -0.15) is 0 Å². The van der Waals surface area contributed by atoms with Gasteiger partial charge in [-0.25, -0.2) is 4.39 Å². The van der Waals surface area contributed by atoms with Gasteiger partial charge in [0.05, 0.1) is 6.42 Å². The van der Waals surface area contributed by atoms with Crippen molar-refractivity contribution in [3.8, 4) is 11.5 Å². The van der Waals surface area contributed by atoms with Crippen LogP contribution in [0.3, 0.4) is 0 Å². The first-order chi connectivity index (χ1) is 14.2. The van der Waals surface area contributed by atoms with Crippen molar-refractivity contribution in [2.75, 3.05) is 31.1 Å². The van der Waals surface area contributed by atoms with Crippen molar-refractivity contribution in [2.45, 2.75) is 6.42 Å². The maximum absolute atomic E-state index is 13.8. The summed E-state index contributed by atoms with van der Waals surface area (Å²) in [6.45, 7) is 2.77. The van der Waals surface area contributed by atoms with E-state index in [1.165, 1.54) is 6.07 Å². The van der Waals surface area contributed by atoms with Gasteiger partial charge in [-0.05, 0) is 48.0 Å². The molecule has 0 saturated carbocycles. The van der Waals surface area contributed by atoms with Crippen LogP contribution in [-0.2, 0) is 11.2 Å². The van der Waals surface area contributed by atoms with E-state index >= 15 is 0 Å². The molecule has 0 aromatic heterocycles. The predicted molar refractivity (Wildman–Crippen MR) is 112 cm³/mol. The van der Waals surface area contributed by atoms with E-state index in [1.54, 1.807) is 18.2 Å². The number of carbonyl (C=O) groups excluding carboxylic acids is 1. The van der Waals surface area contributed by atoms with Crippen LogP contribution in [0.15, 0.2) is 78.9 Å². The first-order valence-electron chi connectivity index (χ1n) is 9.78. The van der Waals surface area contributed by atoms with Crippen LogP contribution in [0.2, 0.25) is 0 Å². The number of amides is 1. The van der Waals surface area contributed by atoms with E-state index in [9.17, 15) is 9.18 Å². The summed E-state index contributed by atoms with van der Waals surface area (Å²) in [5, 5.41) is 0. The third kappa shape index (κ3) is 4.74. The second kappa shape index (κ2) is 8.78. The van der Waals surface area contributed by atoms with Gasteiger partial charge in [0.25, 0.3) is 0 Å². The van der Waals surface area contributed by atoms with Gasteiger partial charge in [0, 0.05) is 31.9 Å². The van der Waals surface area contributed by atoms with Crippen LogP contribution in [0.1, 0.15) is 5.56 Å². The van der Waals surface area contributed by atoms with Crippen LogP contribution < -0.4 is 9.64 Å². The Morgan fingerprint density at radius 1 is 0.793 bits per heavy atom. The molecule has 0 N–H and O–H groups in total. The Balaban J connectivity index is 1.31. The topological polar surface area (TPSA) is 32.8 Å². The fourth-order valence-corrected chi connectivity index (χ4v) is 3.48. The summed E-state index contributed by atoms with van der Waals surface area (Å²) in [6.07, 6.45) is 0.109. The smallest absolute Gasteiger partial charge is 0.227 e. The van der Waals surface area contributed by atoms with Crippen LogP contribution in [0, 0.1) is 5.82 Å². The Labute approximate surface area is 170 Å². The van der Waals surface area contributed by atoms with Gasteiger partial charge >= 0.3 is 0 Å². The third-order valence-corrected chi connectivity index (χ3v) is 5.11. The molecule has 0 radical (unpaired) electrons. The fraction of sp³-hybridized carbons (Fsp3) is 0.208. The summed E-state index contributed by atoms with van der Waals surface area (Å²) in [6, 6.07) is 24.1. The van der Waals surface area contributed by atoms with Crippen LogP contribution >= 0.6 is 0 Å². The fourth-order valence-electron chi connectivity index (χ4n) is 3.48. The highest BCUT2D eigenvalue weighted by molar-refractivity contribution is 5.79. The Bertz CT molecular complexity index is 952. The highest BCUT2D eigenvalue weighted by atomic mass is 19.1. The Hall–Kier alpha value is -3.34. The van der Waals surface area contributed by atoms with E-state index in [-0.39, 0.29) is 18.1 Å². The Kier molecular flexibility index (Phi) is 5.75. The number of anilines is 1. The standard InChI is InChI=1S/C24H23FN2O2/c25-23-9-5-4-6-19(23)18-24(28)27-16-14-26(15-17-27)20-10-12-22(13-11-20)29-21-7-2-1-3-8-21/h1-13H,14-18H2. The molecule has 0 spiro atoms. The van der Waals surface area contributed by atoms with Crippen molar-refractivity contribution in [1.29, 1.82) is 0 Å². The van der Waals surface area contributed by atoms with Gasteiger partial charge < -0.3 is 14.5 Å². The van der Waals surface area contributed by atoms with Gasteiger partial charge in [-0.3, -0.25) is 4.79 Å². The lowest BCUT2D eigenvalue weighted by molar-refractivity contribution is -0.130. The lowest BCUT2D eigenvalue weighted by atomic mass is 10.1. The number of piperazine rings is 1. The van der Waals surface area contributed by atoms with Crippen LogP contribution in [0.4, 0.5) is 10.1 Å². The molecule has 0 bridgehead atoms. The Morgan fingerprint density at radius 3 is 2.10 bits per heavy atom. The molecule has 4 nitrogen and oxygen atoms in total. The zero-order valence-corrected chi connectivity index (χ0v) is 16.1. The summed E-state index contributed by atoms with van der Waals surface area (Å²) in [4.78, 5) is 16.6. The molecule has 3 aromatic rings. The first-order valence-corrected chi connectivity index (χ1v) is 9.78. The molecule has 1 aliphatic rings. The van der Waals surface area contributed by atoms with Crippen molar-refractivity contribution in [2.24, 2.45) is 0 Å². The van der Waals surface area contributed by atoms with Crippen molar-refractivity contribution in [3.05, 3.63) is 90.2 Å². The molecule has 5 heteroatoms. The lowest BCUT2D eigenvalue weighted by Crippen LogP contribution is -2.49. The van der Waals surface area contributed by atoms with E-state index in [0.717, 1.165) is 30.3 Å². The maximum atomic E-state index is 13.8. The molecular weight excluding hydrogens is 367 g/mol. The number of benzene rings is 3. The second-order valence-electron chi connectivity index (χ2n) is 7.05. The van der Waals surface area contributed by atoms with E-state index in [1.807, 2.05) is 59.5 Å². The van der Waals surface area contributed by atoms with Gasteiger partial charge in [-0.15, -0.1) is 0 Å². The van der Waals surface area contributed by atoms with Crippen molar-refractivity contribution in [1.82, 2.24) is 4.90 Å². The molecule has 1 fully saturated rings. The molecular formula is C24H23FN2O2. The average molecular weight is 390 g/mol. The summed E-state index contributed by atoms with van der Waals surface area (Å²) >= 11 is 0. The molecule has 148 valence electrons. The first kappa shape index (κ1) is 19.0. The zero-order chi connectivity index (χ0) is 20.1. The molecule has 1 amide bonds. The van der Waals surface area contributed by atoms with E-state index < -0.39 is 0 Å². The number of halogens is 1. The quantitative estimate of drug-likeness (QED) is 0.643.